The Morgan fingerprint density at radius 2 is 2.00 bits per heavy atom. The molecule has 0 aliphatic carbocycles. The standard InChI is InChI=1S/C12H16FN3O4S/c1-15-6-4-9(5-7-15)14-21(19,20)10-2-3-12(16(17)18)11(13)8-10/h2-3,8-9,14H,4-7H2,1H3. The average molecular weight is 317 g/mol. The highest BCUT2D eigenvalue weighted by atomic mass is 32.2. The van der Waals surface area contributed by atoms with E-state index in [1.54, 1.807) is 0 Å². The molecule has 1 fully saturated rings. The molecule has 0 bridgehead atoms. The second-order valence-corrected chi connectivity index (χ2v) is 6.78. The Balaban J connectivity index is 2.16. The van der Waals surface area contributed by atoms with Crippen LogP contribution < -0.4 is 4.72 Å². The summed E-state index contributed by atoms with van der Waals surface area (Å²) in [6.07, 6.45) is 1.34. The SMILES string of the molecule is CN1CCC(NS(=O)(=O)c2ccc([N+](=O)[O-])c(F)c2)CC1. The normalized spacial score (nSPS) is 17.8. The third kappa shape index (κ3) is 3.74. The Hall–Kier alpha value is -1.58. The molecule has 1 N–H and O–H groups in total. The topological polar surface area (TPSA) is 92.6 Å². The zero-order valence-corrected chi connectivity index (χ0v) is 12.3. The van der Waals surface area contributed by atoms with Crippen molar-refractivity contribution in [1.82, 2.24) is 9.62 Å². The monoisotopic (exact) mass is 317 g/mol. The number of benzene rings is 1. The molecule has 0 amide bonds. The minimum atomic E-state index is -3.87. The number of rotatable bonds is 4. The number of nitro benzene ring substituents is 1. The molecule has 0 aromatic heterocycles. The molecule has 1 aliphatic rings. The van der Waals surface area contributed by atoms with E-state index in [-0.39, 0.29) is 10.9 Å². The van der Waals surface area contributed by atoms with Crippen molar-refractivity contribution in [3.8, 4) is 0 Å². The number of sulfonamides is 1. The van der Waals surface area contributed by atoms with Crippen molar-refractivity contribution < 1.29 is 17.7 Å². The van der Waals surface area contributed by atoms with E-state index in [4.69, 9.17) is 0 Å². The number of hydrogen-bond acceptors (Lipinski definition) is 5. The van der Waals surface area contributed by atoms with Gasteiger partial charge in [0.15, 0.2) is 0 Å². The summed E-state index contributed by atoms with van der Waals surface area (Å²) in [5.41, 5.74) is -0.742. The van der Waals surface area contributed by atoms with E-state index >= 15 is 0 Å². The van der Waals surface area contributed by atoms with Gasteiger partial charge in [-0.1, -0.05) is 0 Å². The summed E-state index contributed by atoms with van der Waals surface area (Å²) in [6.45, 7) is 1.56. The van der Waals surface area contributed by atoms with Crippen LogP contribution in [0, 0.1) is 15.9 Å². The van der Waals surface area contributed by atoms with Crippen molar-refractivity contribution in [1.29, 1.82) is 0 Å². The van der Waals surface area contributed by atoms with E-state index in [1.165, 1.54) is 0 Å². The first-order valence-electron chi connectivity index (χ1n) is 6.44. The Morgan fingerprint density at radius 3 is 2.52 bits per heavy atom. The number of piperidine rings is 1. The first-order chi connectivity index (χ1) is 9.79. The quantitative estimate of drug-likeness (QED) is 0.663. The summed E-state index contributed by atoms with van der Waals surface area (Å²) in [5.74, 6) is -1.16. The summed E-state index contributed by atoms with van der Waals surface area (Å²) < 4.78 is 40.3. The number of halogens is 1. The maximum absolute atomic E-state index is 13.5. The summed E-state index contributed by atoms with van der Waals surface area (Å²) >= 11 is 0. The lowest BCUT2D eigenvalue weighted by Crippen LogP contribution is -2.43. The van der Waals surface area contributed by atoms with Crippen molar-refractivity contribution in [2.24, 2.45) is 0 Å². The molecule has 1 heterocycles. The van der Waals surface area contributed by atoms with Crippen LogP contribution in [-0.4, -0.2) is 44.4 Å². The smallest absolute Gasteiger partial charge is 0.304 e. The highest BCUT2D eigenvalue weighted by molar-refractivity contribution is 7.89. The van der Waals surface area contributed by atoms with Crippen LogP contribution in [0.3, 0.4) is 0 Å². The van der Waals surface area contributed by atoms with E-state index in [2.05, 4.69) is 9.62 Å². The van der Waals surface area contributed by atoms with Crippen molar-refractivity contribution in [3.05, 3.63) is 34.1 Å². The van der Waals surface area contributed by atoms with Gasteiger partial charge in [-0.2, -0.15) is 4.39 Å². The molecule has 1 aromatic rings. The molecule has 9 heteroatoms. The molecular weight excluding hydrogens is 301 g/mol. The van der Waals surface area contributed by atoms with Crippen LogP contribution in [-0.2, 0) is 10.0 Å². The molecule has 0 unspecified atom stereocenters. The third-order valence-corrected chi connectivity index (χ3v) is 4.98. The van der Waals surface area contributed by atoms with Crippen molar-refractivity contribution in [2.45, 2.75) is 23.8 Å². The number of hydrogen-bond donors (Lipinski definition) is 1. The lowest BCUT2D eigenvalue weighted by Gasteiger charge is -2.29. The van der Waals surface area contributed by atoms with Crippen molar-refractivity contribution in [2.75, 3.05) is 20.1 Å². The van der Waals surface area contributed by atoms with Gasteiger partial charge in [-0.3, -0.25) is 10.1 Å². The van der Waals surface area contributed by atoms with Gasteiger partial charge in [0.1, 0.15) is 0 Å². The van der Waals surface area contributed by atoms with E-state index < -0.39 is 26.5 Å². The summed E-state index contributed by atoms with van der Waals surface area (Å²) in [5, 5.41) is 10.5. The minimum Gasteiger partial charge on any atom is -0.306 e. The minimum absolute atomic E-state index is 0.204. The zero-order valence-electron chi connectivity index (χ0n) is 11.5. The molecule has 0 radical (unpaired) electrons. The van der Waals surface area contributed by atoms with Crippen molar-refractivity contribution >= 4 is 15.7 Å². The Bertz CT molecular complexity index is 642. The van der Waals surface area contributed by atoms with Crippen LogP contribution in [0.1, 0.15) is 12.8 Å². The van der Waals surface area contributed by atoms with Gasteiger partial charge in [0.05, 0.1) is 9.82 Å². The third-order valence-electron chi connectivity index (χ3n) is 3.47. The summed E-state index contributed by atoms with van der Waals surface area (Å²) in [4.78, 5) is 11.4. The number of nitro groups is 1. The molecule has 7 nitrogen and oxygen atoms in total. The Morgan fingerprint density at radius 1 is 1.38 bits per heavy atom. The first kappa shape index (κ1) is 15.8. The second-order valence-electron chi connectivity index (χ2n) is 5.07. The summed E-state index contributed by atoms with van der Waals surface area (Å²) in [6, 6.07) is 2.37. The second kappa shape index (κ2) is 6.04. The van der Waals surface area contributed by atoms with E-state index in [9.17, 15) is 22.9 Å². The fourth-order valence-corrected chi connectivity index (χ4v) is 3.53. The number of nitrogens with zero attached hydrogens (tertiary/aromatic N) is 2. The molecule has 1 aromatic carbocycles. The number of likely N-dealkylation sites (tertiary alicyclic amines) is 1. The highest BCUT2D eigenvalue weighted by Gasteiger charge is 2.25. The van der Waals surface area contributed by atoms with Crippen LogP contribution >= 0.6 is 0 Å². The predicted molar refractivity (Wildman–Crippen MR) is 73.9 cm³/mol. The highest BCUT2D eigenvalue weighted by Crippen LogP contribution is 2.21. The van der Waals surface area contributed by atoms with E-state index in [0.717, 1.165) is 25.2 Å². The number of nitrogens with one attached hydrogen (secondary N) is 1. The lowest BCUT2D eigenvalue weighted by molar-refractivity contribution is -0.387. The van der Waals surface area contributed by atoms with Gasteiger partial charge in [-0.05, 0) is 39.0 Å². The van der Waals surface area contributed by atoms with Gasteiger partial charge in [0.2, 0.25) is 15.8 Å². The average Bonchev–Trinajstić information content (AvgIpc) is 2.40. The van der Waals surface area contributed by atoms with Gasteiger partial charge in [-0.15, -0.1) is 0 Å². The maximum Gasteiger partial charge on any atom is 0.304 e. The summed E-state index contributed by atoms with van der Waals surface area (Å²) in [7, 11) is -1.92. The van der Waals surface area contributed by atoms with Crippen LogP contribution in [0.15, 0.2) is 23.1 Å². The van der Waals surface area contributed by atoms with Gasteiger partial charge in [-0.25, -0.2) is 13.1 Å². The lowest BCUT2D eigenvalue weighted by atomic mass is 10.1. The fourth-order valence-electron chi connectivity index (χ4n) is 2.22. The molecule has 0 spiro atoms. The van der Waals surface area contributed by atoms with Crippen LogP contribution in [0.4, 0.5) is 10.1 Å². The van der Waals surface area contributed by atoms with Gasteiger partial charge in [0, 0.05) is 18.2 Å². The van der Waals surface area contributed by atoms with Gasteiger partial charge >= 0.3 is 5.69 Å². The largest absolute Gasteiger partial charge is 0.306 e. The molecular formula is C12H16FN3O4S. The van der Waals surface area contributed by atoms with Crippen LogP contribution in [0.25, 0.3) is 0 Å². The molecule has 0 atom stereocenters. The molecule has 2 rings (SSSR count). The van der Waals surface area contributed by atoms with Crippen LogP contribution in [0.5, 0.6) is 0 Å². The molecule has 1 saturated heterocycles. The molecule has 1 aliphatic heterocycles. The molecule has 116 valence electrons. The maximum atomic E-state index is 13.5. The van der Waals surface area contributed by atoms with Crippen LogP contribution in [0.2, 0.25) is 0 Å². The Kier molecular flexibility index (Phi) is 4.55. The van der Waals surface area contributed by atoms with Gasteiger partial charge in [0.25, 0.3) is 0 Å². The predicted octanol–water partition coefficient (Wildman–Crippen LogP) is 1.11. The van der Waals surface area contributed by atoms with E-state index in [1.807, 2.05) is 7.05 Å². The zero-order chi connectivity index (χ0) is 15.6. The van der Waals surface area contributed by atoms with Gasteiger partial charge < -0.3 is 4.90 Å². The first-order valence-corrected chi connectivity index (χ1v) is 7.93. The molecule has 0 saturated carbocycles. The molecule has 21 heavy (non-hydrogen) atoms. The van der Waals surface area contributed by atoms with E-state index in [0.29, 0.717) is 18.9 Å². The fraction of sp³-hybridized carbons (Fsp3) is 0.500. The van der Waals surface area contributed by atoms with Crippen molar-refractivity contribution in [3.63, 3.8) is 0 Å². The Labute approximate surface area is 122 Å².